The molecule has 0 radical (unpaired) electrons. The van der Waals surface area contributed by atoms with E-state index in [2.05, 4.69) is 6.92 Å². The van der Waals surface area contributed by atoms with E-state index in [0.29, 0.717) is 33.0 Å². The average molecular weight is 693 g/mol. The molecule has 274 valence electrons. The highest BCUT2D eigenvalue weighted by molar-refractivity contribution is 5.15. The predicted octanol–water partition coefficient (Wildman–Crippen LogP) is 7.25. The second kappa shape index (κ2) is 21.6. The summed E-state index contributed by atoms with van der Waals surface area (Å²) in [5.41, 5.74) is 3.19. The summed E-state index contributed by atoms with van der Waals surface area (Å²) >= 11 is 0. The van der Waals surface area contributed by atoms with Gasteiger partial charge >= 0.3 is 0 Å². The summed E-state index contributed by atoms with van der Waals surface area (Å²) in [5.74, 6) is 0. The van der Waals surface area contributed by atoms with Gasteiger partial charge in [-0.15, -0.1) is 0 Å². The van der Waals surface area contributed by atoms with Crippen molar-refractivity contribution in [2.45, 2.75) is 114 Å². The molecular weight excluding hydrogens is 636 g/mol. The van der Waals surface area contributed by atoms with Crippen LogP contribution in [0.1, 0.15) is 62.1 Å². The van der Waals surface area contributed by atoms with E-state index >= 15 is 0 Å². The van der Waals surface area contributed by atoms with Crippen molar-refractivity contribution in [2.24, 2.45) is 0 Å². The Kier molecular flexibility index (Phi) is 16.7. The third-order valence-electron chi connectivity index (χ3n) is 9.25. The molecule has 3 aromatic carbocycles. The van der Waals surface area contributed by atoms with Gasteiger partial charge in [-0.3, -0.25) is 0 Å². The Morgan fingerprint density at radius 1 is 0.480 bits per heavy atom. The van der Waals surface area contributed by atoms with Gasteiger partial charge in [0.1, 0.15) is 36.6 Å². The van der Waals surface area contributed by atoms with Crippen molar-refractivity contribution in [3.8, 4) is 0 Å². The maximum atomic E-state index is 6.58. The fraction of sp³-hybridized carbons (Fsp3) is 0.561. The standard InChI is InChI=1S/C41H56O9/c1-4-5-6-7-8-18-25-45-40-38(43-3)36(42-2)35(50-40)30-48-41-39(47-28-33-23-16-11-17-24-33)37(46-27-32-21-14-10-15-22-32)34(49-41)29-44-26-31-19-12-9-13-20-31/h9-17,19-24,34-41H,4-8,18,25-30H2,1-3H3/t34-,35?,36-,37-,38+,39+,40+,41+/m1/s1. The predicted molar refractivity (Wildman–Crippen MR) is 190 cm³/mol. The zero-order chi connectivity index (χ0) is 34.8. The van der Waals surface area contributed by atoms with Crippen LogP contribution in [0.15, 0.2) is 91.0 Å². The van der Waals surface area contributed by atoms with Crippen molar-refractivity contribution in [3.05, 3.63) is 108 Å². The lowest BCUT2D eigenvalue weighted by Gasteiger charge is -2.26. The Morgan fingerprint density at radius 3 is 1.56 bits per heavy atom. The summed E-state index contributed by atoms with van der Waals surface area (Å²) in [6, 6.07) is 30.3. The van der Waals surface area contributed by atoms with Crippen LogP contribution in [-0.2, 0) is 62.5 Å². The quantitative estimate of drug-likeness (QED) is 0.0955. The number of methoxy groups -OCH3 is 2. The van der Waals surface area contributed by atoms with Gasteiger partial charge in [-0.2, -0.15) is 0 Å². The normalized spacial score (nSPS) is 26.5. The zero-order valence-electron chi connectivity index (χ0n) is 29.9. The Balaban J connectivity index is 1.25. The smallest absolute Gasteiger partial charge is 0.187 e. The van der Waals surface area contributed by atoms with Crippen LogP contribution in [-0.4, -0.2) is 83.2 Å². The van der Waals surface area contributed by atoms with Gasteiger partial charge in [0.25, 0.3) is 0 Å². The third-order valence-corrected chi connectivity index (χ3v) is 9.25. The van der Waals surface area contributed by atoms with Crippen molar-refractivity contribution >= 4 is 0 Å². The first kappa shape index (κ1) is 38.5. The Labute approximate surface area is 298 Å². The first-order chi connectivity index (χ1) is 24.7. The SMILES string of the molecule is CCCCCCCCO[C@H]1OC(CO[C@H]2O[C@H](COCc3ccccc3)[C@@H](OCc3ccccc3)[C@@H]2OCc2ccccc2)[C@@H](OC)[C@@H]1OC. The summed E-state index contributed by atoms with van der Waals surface area (Å²) < 4.78 is 56.7. The maximum absolute atomic E-state index is 6.58. The van der Waals surface area contributed by atoms with Crippen molar-refractivity contribution in [1.29, 1.82) is 0 Å². The molecule has 0 aromatic heterocycles. The molecule has 0 amide bonds. The number of hydrogen-bond acceptors (Lipinski definition) is 9. The Morgan fingerprint density at radius 2 is 0.980 bits per heavy atom. The van der Waals surface area contributed by atoms with Crippen LogP contribution in [0.4, 0.5) is 0 Å². The van der Waals surface area contributed by atoms with Crippen LogP contribution in [0.2, 0.25) is 0 Å². The molecule has 9 heteroatoms. The third kappa shape index (κ3) is 11.7. The van der Waals surface area contributed by atoms with Crippen LogP contribution in [0.5, 0.6) is 0 Å². The van der Waals surface area contributed by atoms with Crippen molar-refractivity contribution < 1.29 is 42.6 Å². The van der Waals surface area contributed by atoms with Crippen LogP contribution in [0.3, 0.4) is 0 Å². The van der Waals surface area contributed by atoms with Gasteiger partial charge in [-0.1, -0.05) is 130 Å². The van der Waals surface area contributed by atoms with Crippen LogP contribution >= 0.6 is 0 Å². The fourth-order valence-corrected chi connectivity index (χ4v) is 6.50. The first-order valence-electron chi connectivity index (χ1n) is 18.2. The van der Waals surface area contributed by atoms with Gasteiger partial charge in [0.2, 0.25) is 0 Å². The highest BCUT2D eigenvalue weighted by Crippen LogP contribution is 2.32. The minimum absolute atomic E-state index is 0.189. The van der Waals surface area contributed by atoms with E-state index in [4.69, 9.17) is 42.6 Å². The Hall–Kier alpha value is -2.70. The van der Waals surface area contributed by atoms with E-state index in [-0.39, 0.29) is 18.8 Å². The van der Waals surface area contributed by atoms with E-state index in [9.17, 15) is 0 Å². The molecule has 2 saturated heterocycles. The summed E-state index contributed by atoms with van der Waals surface area (Å²) in [6.07, 6.45) is 3.19. The molecule has 5 rings (SSSR count). The molecule has 2 heterocycles. The molecule has 0 aliphatic carbocycles. The largest absolute Gasteiger partial charge is 0.376 e. The number of benzene rings is 3. The molecule has 8 atom stereocenters. The topological polar surface area (TPSA) is 83.1 Å². The lowest BCUT2D eigenvalue weighted by atomic mass is 10.1. The number of unbranched alkanes of at least 4 members (excludes halogenated alkanes) is 5. The van der Waals surface area contributed by atoms with E-state index in [1.807, 2.05) is 91.0 Å². The minimum Gasteiger partial charge on any atom is -0.376 e. The fourth-order valence-electron chi connectivity index (χ4n) is 6.50. The lowest BCUT2D eigenvalue weighted by molar-refractivity contribution is -0.214. The molecule has 0 spiro atoms. The zero-order valence-corrected chi connectivity index (χ0v) is 29.9. The molecule has 2 fully saturated rings. The molecule has 0 saturated carbocycles. The van der Waals surface area contributed by atoms with Crippen molar-refractivity contribution in [1.82, 2.24) is 0 Å². The maximum Gasteiger partial charge on any atom is 0.187 e. The summed E-state index contributed by atoms with van der Waals surface area (Å²) in [4.78, 5) is 0. The van der Waals surface area contributed by atoms with E-state index < -0.39 is 37.0 Å². The number of rotatable bonds is 23. The second-order valence-corrected chi connectivity index (χ2v) is 13.0. The molecule has 9 nitrogen and oxygen atoms in total. The molecule has 50 heavy (non-hydrogen) atoms. The summed E-state index contributed by atoms with van der Waals surface area (Å²) in [7, 11) is 3.32. The molecule has 1 unspecified atom stereocenters. The molecular formula is C41H56O9. The van der Waals surface area contributed by atoms with Gasteiger partial charge in [-0.05, 0) is 23.1 Å². The summed E-state index contributed by atoms with van der Waals surface area (Å²) in [5, 5.41) is 0. The second-order valence-electron chi connectivity index (χ2n) is 13.0. The minimum atomic E-state index is -0.741. The molecule has 3 aromatic rings. The van der Waals surface area contributed by atoms with Gasteiger partial charge < -0.3 is 42.6 Å². The molecule has 0 N–H and O–H groups in total. The Bertz CT molecular complexity index is 1300. The van der Waals surface area contributed by atoms with E-state index in [0.717, 1.165) is 29.5 Å². The number of ether oxygens (including phenoxy) is 9. The lowest BCUT2D eigenvalue weighted by Crippen LogP contribution is -2.41. The average Bonchev–Trinajstić information content (AvgIpc) is 3.68. The van der Waals surface area contributed by atoms with E-state index in [1.165, 1.54) is 25.7 Å². The molecule has 2 aliphatic heterocycles. The van der Waals surface area contributed by atoms with Crippen LogP contribution in [0, 0.1) is 0 Å². The first-order valence-corrected chi connectivity index (χ1v) is 18.2. The van der Waals surface area contributed by atoms with Gasteiger partial charge in [0.15, 0.2) is 12.6 Å². The molecule has 0 bridgehead atoms. The van der Waals surface area contributed by atoms with E-state index in [1.54, 1.807) is 14.2 Å². The van der Waals surface area contributed by atoms with Gasteiger partial charge in [0.05, 0.1) is 33.0 Å². The van der Waals surface area contributed by atoms with Gasteiger partial charge in [-0.25, -0.2) is 0 Å². The molecule has 2 aliphatic rings. The van der Waals surface area contributed by atoms with Crippen molar-refractivity contribution in [3.63, 3.8) is 0 Å². The summed E-state index contributed by atoms with van der Waals surface area (Å²) in [6.45, 7) is 4.55. The van der Waals surface area contributed by atoms with Gasteiger partial charge in [0, 0.05) is 20.8 Å². The van der Waals surface area contributed by atoms with Crippen LogP contribution in [0.25, 0.3) is 0 Å². The monoisotopic (exact) mass is 692 g/mol. The highest BCUT2D eigenvalue weighted by atomic mass is 16.8. The number of hydrogen-bond donors (Lipinski definition) is 0. The van der Waals surface area contributed by atoms with Crippen LogP contribution < -0.4 is 0 Å². The highest BCUT2D eigenvalue weighted by Gasteiger charge is 2.50. The van der Waals surface area contributed by atoms with Crippen molar-refractivity contribution in [2.75, 3.05) is 34.0 Å².